The van der Waals surface area contributed by atoms with Crippen LogP contribution in [0.4, 0.5) is 5.69 Å². The first-order valence-corrected chi connectivity index (χ1v) is 19.0. The number of amides is 1. The number of aryl methyl sites for hydroxylation is 7. The molecule has 5 heterocycles. The predicted octanol–water partition coefficient (Wildman–Crippen LogP) is 10.1. The first kappa shape index (κ1) is 35.9. The highest BCUT2D eigenvalue weighted by Crippen LogP contribution is 2.46. The van der Waals surface area contributed by atoms with E-state index in [4.69, 9.17) is 33.0 Å². The second-order valence-corrected chi connectivity index (χ2v) is 15.5. The summed E-state index contributed by atoms with van der Waals surface area (Å²) in [7, 11) is 3.97. The molecule has 0 saturated carbocycles. The van der Waals surface area contributed by atoms with E-state index in [9.17, 15) is 0 Å². The lowest BCUT2D eigenvalue weighted by atomic mass is 9.98. The number of hydrogen-bond donors (Lipinski definition) is 0. The summed E-state index contributed by atoms with van der Waals surface area (Å²) in [6, 6.07) is 14.1. The van der Waals surface area contributed by atoms with Gasteiger partial charge in [0.1, 0.15) is 11.4 Å². The highest BCUT2D eigenvalue weighted by molar-refractivity contribution is 6.35. The molecule has 9 nitrogen and oxygen atoms in total. The quantitative estimate of drug-likeness (QED) is 0.144. The number of carbonyl (C=O) groups is 1. The van der Waals surface area contributed by atoms with Gasteiger partial charge < -0.3 is 18.8 Å². The highest BCUT2D eigenvalue weighted by atomic mass is 35.5. The third kappa shape index (κ3) is 5.85. The number of carbonyl (C=O) groups excluding carboxylic acids is 1. The fraction of sp³-hybridized carbons (Fsp3) is 0.302. The van der Waals surface area contributed by atoms with Crippen molar-refractivity contribution in [2.45, 2.75) is 60.4 Å². The molecule has 0 fully saturated rings. The Hall–Kier alpha value is -5.12. The van der Waals surface area contributed by atoms with Crippen LogP contribution in [0.15, 0.2) is 61.1 Å². The van der Waals surface area contributed by atoms with E-state index in [-0.39, 0.29) is 11.9 Å². The molecule has 54 heavy (non-hydrogen) atoms. The van der Waals surface area contributed by atoms with Gasteiger partial charge in [0.15, 0.2) is 5.82 Å². The minimum Gasteiger partial charge on any atom is -0.494 e. The van der Waals surface area contributed by atoms with Crippen LogP contribution in [0.3, 0.4) is 0 Å². The van der Waals surface area contributed by atoms with Crippen molar-refractivity contribution in [2.75, 3.05) is 18.1 Å². The number of aromatic nitrogens is 6. The largest absolute Gasteiger partial charge is 0.494 e. The van der Waals surface area contributed by atoms with E-state index in [1.807, 2.05) is 88.0 Å². The van der Waals surface area contributed by atoms with Gasteiger partial charge in [0.05, 0.1) is 28.5 Å². The minimum absolute atomic E-state index is 0.0460. The number of rotatable bonds is 8. The molecule has 1 atom stereocenters. The number of nitrogens with zero attached hydrogens (tertiary/aromatic N) is 7. The smallest absolute Gasteiger partial charge is 0.275 e. The number of ether oxygens (including phenoxy) is 1. The molecule has 11 heteroatoms. The Bertz CT molecular complexity index is 2610. The first-order chi connectivity index (χ1) is 25.8. The average molecular weight is 761 g/mol. The fourth-order valence-electron chi connectivity index (χ4n) is 8.20. The van der Waals surface area contributed by atoms with Gasteiger partial charge in [-0.1, -0.05) is 29.3 Å². The number of hydrogen-bond acceptors (Lipinski definition) is 5. The Morgan fingerprint density at radius 2 is 1.63 bits per heavy atom. The van der Waals surface area contributed by atoms with Crippen molar-refractivity contribution in [2.24, 2.45) is 14.1 Å². The van der Waals surface area contributed by atoms with Crippen molar-refractivity contribution in [1.82, 2.24) is 28.9 Å². The summed E-state index contributed by atoms with van der Waals surface area (Å²) in [5, 5.41) is 8.12. The standard InChI is InChI=1S/C43H43Cl2N7O2/c1-23-19-46-42(47-20-23)29-11-14-35-33(18-29)36(22-49(35)7)51-21-26(4)52-40-32(12-13-34(44)38(40)37-27(5)48-50(8)28(37)6)31(41(52)43(51)53)10-9-15-54-30-16-24(2)39(45)25(3)17-30/h11-14,16-20,22,26H,9-10,15,21H2,1-8H3. The van der Waals surface area contributed by atoms with E-state index in [1.165, 1.54) is 0 Å². The Morgan fingerprint density at radius 1 is 0.907 bits per heavy atom. The molecule has 0 radical (unpaired) electrons. The molecule has 7 aromatic rings. The summed E-state index contributed by atoms with van der Waals surface area (Å²) in [6.45, 7) is 13.2. The van der Waals surface area contributed by atoms with Crippen LogP contribution in [0.2, 0.25) is 10.0 Å². The second-order valence-electron chi connectivity index (χ2n) is 14.7. The Labute approximate surface area is 325 Å². The van der Waals surface area contributed by atoms with Crippen LogP contribution in [0.25, 0.3) is 44.3 Å². The van der Waals surface area contributed by atoms with Crippen LogP contribution < -0.4 is 9.64 Å². The van der Waals surface area contributed by atoms with Crippen LogP contribution in [-0.4, -0.2) is 47.9 Å². The molecule has 0 N–H and O–H groups in total. The summed E-state index contributed by atoms with van der Waals surface area (Å²) < 4.78 is 12.5. The van der Waals surface area contributed by atoms with Gasteiger partial charge in [0.2, 0.25) is 0 Å². The molecule has 1 amide bonds. The molecule has 8 rings (SSSR count). The number of fused-ring (bicyclic) bond motifs is 4. The van der Waals surface area contributed by atoms with Gasteiger partial charge in [-0.2, -0.15) is 5.10 Å². The van der Waals surface area contributed by atoms with Gasteiger partial charge in [-0.05, 0) is 113 Å². The van der Waals surface area contributed by atoms with E-state index < -0.39 is 0 Å². The van der Waals surface area contributed by atoms with Gasteiger partial charge in [-0.25, -0.2) is 9.97 Å². The molecule has 1 unspecified atom stereocenters. The molecule has 4 aromatic heterocycles. The maximum atomic E-state index is 15.2. The van der Waals surface area contributed by atoms with Crippen LogP contribution in [0, 0.1) is 34.6 Å². The molecule has 1 aliphatic rings. The monoisotopic (exact) mass is 759 g/mol. The van der Waals surface area contributed by atoms with Gasteiger partial charge in [-0.15, -0.1) is 0 Å². The lowest BCUT2D eigenvalue weighted by molar-refractivity contribution is 0.0957. The summed E-state index contributed by atoms with van der Waals surface area (Å²) >= 11 is 13.6. The minimum atomic E-state index is -0.0708. The maximum absolute atomic E-state index is 15.2. The van der Waals surface area contributed by atoms with Crippen LogP contribution in [0.1, 0.15) is 63.5 Å². The maximum Gasteiger partial charge on any atom is 0.275 e. The molecule has 1 aliphatic heterocycles. The van der Waals surface area contributed by atoms with Crippen molar-refractivity contribution in [3.63, 3.8) is 0 Å². The molecular weight excluding hydrogens is 717 g/mol. The topological polar surface area (TPSA) is 83.0 Å². The molecule has 0 aliphatic carbocycles. The third-order valence-corrected chi connectivity index (χ3v) is 11.8. The van der Waals surface area contributed by atoms with E-state index in [1.54, 1.807) is 0 Å². The molecule has 0 saturated heterocycles. The van der Waals surface area contributed by atoms with E-state index in [2.05, 4.69) is 57.3 Å². The van der Waals surface area contributed by atoms with Crippen LogP contribution in [0.5, 0.6) is 5.75 Å². The normalized spacial score (nSPS) is 14.4. The molecule has 0 spiro atoms. The zero-order chi connectivity index (χ0) is 38.2. The highest BCUT2D eigenvalue weighted by Gasteiger charge is 2.37. The molecule has 3 aromatic carbocycles. The Morgan fingerprint density at radius 3 is 2.31 bits per heavy atom. The first-order valence-electron chi connectivity index (χ1n) is 18.3. The SMILES string of the molecule is Cc1cnc(-c2ccc3c(c2)c(N2CC(C)n4c(c(CCCOc5cc(C)c(Cl)c(C)c5)c5ccc(Cl)c(-c6c(C)nn(C)c6C)c54)C2=O)cn3C)nc1. The van der Waals surface area contributed by atoms with Gasteiger partial charge in [-0.3, -0.25) is 9.48 Å². The number of benzene rings is 3. The number of halogens is 2. The summed E-state index contributed by atoms with van der Waals surface area (Å²) in [4.78, 5) is 26.3. The van der Waals surface area contributed by atoms with Crippen molar-refractivity contribution < 1.29 is 9.53 Å². The summed E-state index contributed by atoms with van der Waals surface area (Å²) in [5.41, 5.74) is 12.2. The Balaban J connectivity index is 1.26. The van der Waals surface area contributed by atoms with Crippen LogP contribution >= 0.6 is 23.2 Å². The van der Waals surface area contributed by atoms with Crippen molar-refractivity contribution in [3.05, 3.63) is 110 Å². The number of anilines is 1. The summed E-state index contributed by atoms with van der Waals surface area (Å²) in [5.74, 6) is 1.39. The van der Waals surface area contributed by atoms with Gasteiger partial charge in [0.25, 0.3) is 5.91 Å². The van der Waals surface area contributed by atoms with Crippen molar-refractivity contribution >= 4 is 56.6 Å². The fourth-order valence-corrected chi connectivity index (χ4v) is 8.56. The van der Waals surface area contributed by atoms with Crippen LogP contribution in [-0.2, 0) is 20.5 Å². The van der Waals surface area contributed by atoms with Crippen molar-refractivity contribution in [3.8, 4) is 28.3 Å². The Kier molecular flexibility index (Phi) is 9.05. The van der Waals surface area contributed by atoms with Crippen molar-refractivity contribution in [1.29, 1.82) is 0 Å². The molecular formula is C43H43Cl2N7O2. The lowest BCUT2D eigenvalue weighted by Crippen LogP contribution is -2.42. The average Bonchev–Trinajstić information content (AvgIpc) is 3.74. The van der Waals surface area contributed by atoms with Gasteiger partial charge in [0, 0.05) is 89.0 Å². The molecule has 0 bridgehead atoms. The lowest BCUT2D eigenvalue weighted by Gasteiger charge is -2.34. The summed E-state index contributed by atoms with van der Waals surface area (Å²) in [6.07, 6.45) is 7.04. The van der Waals surface area contributed by atoms with E-state index >= 15 is 4.79 Å². The van der Waals surface area contributed by atoms with E-state index in [0.717, 1.165) is 88.6 Å². The predicted molar refractivity (Wildman–Crippen MR) is 218 cm³/mol. The van der Waals surface area contributed by atoms with E-state index in [0.29, 0.717) is 42.5 Å². The zero-order valence-electron chi connectivity index (χ0n) is 31.9. The second kappa shape index (κ2) is 13.6. The third-order valence-electron chi connectivity index (χ3n) is 10.9. The molecule has 276 valence electrons. The van der Waals surface area contributed by atoms with Gasteiger partial charge >= 0.3 is 0 Å². The zero-order valence-corrected chi connectivity index (χ0v) is 33.4.